The first-order chi connectivity index (χ1) is 11.6. The van der Waals surface area contributed by atoms with E-state index in [1.807, 2.05) is 16.7 Å². The Morgan fingerprint density at radius 2 is 1.48 bits per heavy atom. The quantitative estimate of drug-likeness (QED) is 0.792. The van der Waals surface area contributed by atoms with Crippen LogP contribution in [0.4, 0.5) is 0 Å². The maximum Gasteiger partial charge on any atom is 0.242 e. The van der Waals surface area contributed by atoms with Gasteiger partial charge in [-0.2, -0.15) is 0 Å². The predicted molar refractivity (Wildman–Crippen MR) is 98.7 cm³/mol. The number of hydrogen-bond acceptors (Lipinski definition) is 4. The van der Waals surface area contributed by atoms with Crippen molar-refractivity contribution in [3.63, 3.8) is 0 Å². The molecule has 2 atom stereocenters. The number of ether oxygens (including phenoxy) is 1. The maximum absolute atomic E-state index is 12.7. The average Bonchev–Trinajstić information content (AvgIpc) is 2.62. The molecule has 3 fully saturated rings. The normalized spacial score (nSPS) is 29.2. The second-order valence-electron chi connectivity index (χ2n) is 7.62. The Hall–Kier alpha value is -0.850. The lowest BCUT2D eigenvalue weighted by Crippen LogP contribution is -2.58. The summed E-state index contributed by atoms with van der Waals surface area (Å²) in [5.74, 6) is 1.26. The van der Waals surface area contributed by atoms with E-state index in [2.05, 4.69) is 12.2 Å². The van der Waals surface area contributed by atoms with Crippen LogP contribution in [-0.2, 0) is 14.3 Å². The summed E-state index contributed by atoms with van der Waals surface area (Å²) in [6.07, 6.45) is 3.74. The Labute approximate surface area is 157 Å². The Balaban J connectivity index is 0.00000225. The largest absolute Gasteiger partial charge is 0.375 e. The number of amides is 2. The smallest absolute Gasteiger partial charge is 0.242 e. The highest BCUT2D eigenvalue weighted by Gasteiger charge is 2.36. The molecule has 0 unspecified atom stereocenters. The zero-order valence-electron chi connectivity index (χ0n) is 15.4. The van der Waals surface area contributed by atoms with Crippen molar-refractivity contribution in [1.29, 1.82) is 0 Å². The van der Waals surface area contributed by atoms with Crippen molar-refractivity contribution in [1.82, 2.24) is 15.1 Å². The third kappa shape index (κ3) is 4.86. The number of morpholine rings is 1. The molecule has 2 amide bonds. The number of piperidine rings is 2. The SMILES string of the molecule is CC1CCN(C(=O)C2CCN(C(=O)[C@H]3NCCO[C@@H]3C)CC2)CC1.Cl. The van der Waals surface area contributed by atoms with Gasteiger partial charge in [0.25, 0.3) is 0 Å². The van der Waals surface area contributed by atoms with Gasteiger partial charge >= 0.3 is 0 Å². The van der Waals surface area contributed by atoms with Gasteiger partial charge in [0, 0.05) is 38.6 Å². The molecule has 6 nitrogen and oxygen atoms in total. The molecule has 0 aliphatic carbocycles. The molecule has 0 aromatic rings. The highest BCUT2D eigenvalue weighted by atomic mass is 35.5. The van der Waals surface area contributed by atoms with E-state index in [1.165, 1.54) is 0 Å². The van der Waals surface area contributed by atoms with E-state index in [-0.39, 0.29) is 36.4 Å². The van der Waals surface area contributed by atoms with Gasteiger partial charge in [0.1, 0.15) is 6.04 Å². The highest BCUT2D eigenvalue weighted by Crippen LogP contribution is 2.24. The molecule has 0 spiro atoms. The Kier molecular flexibility index (Phi) is 7.52. The molecule has 0 aromatic heterocycles. The molecule has 0 saturated carbocycles. The van der Waals surface area contributed by atoms with Gasteiger partial charge in [-0.3, -0.25) is 9.59 Å². The van der Waals surface area contributed by atoms with E-state index >= 15 is 0 Å². The zero-order chi connectivity index (χ0) is 17.1. The summed E-state index contributed by atoms with van der Waals surface area (Å²) in [6, 6.07) is -0.241. The highest BCUT2D eigenvalue weighted by molar-refractivity contribution is 5.85. The number of nitrogens with one attached hydrogen (secondary N) is 1. The summed E-state index contributed by atoms with van der Waals surface area (Å²) < 4.78 is 5.58. The van der Waals surface area contributed by atoms with Crippen molar-refractivity contribution >= 4 is 24.2 Å². The van der Waals surface area contributed by atoms with Crippen molar-refractivity contribution in [2.24, 2.45) is 11.8 Å². The minimum absolute atomic E-state index is 0. The number of likely N-dealkylation sites (tertiary alicyclic amines) is 2. The lowest BCUT2D eigenvalue weighted by atomic mass is 9.92. The number of carbonyl (C=O) groups excluding carboxylic acids is 2. The Bertz CT molecular complexity index is 460. The molecule has 25 heavy (non-hydrogen) atoms. The van der Waals surface area contributed by atoms with E-state index in [9.17, 15) is 9.59 Å². The van der Waals surface area contributed by atoms with Crippen LogP contribution in [0.1, 0.15) is 39.5 Å². The van der Waals surface area contributed by atoms with Crippen LogP contribution in [-0.4, -0.2) is 73.1 Å². The van der Waals surface area contributed by atoms with Crippen LogP contribution in [0.15, 0.2) is 0 Å². The maximum atomic E-state index is 12.7. The molecule has 1 N–H and O–H groups in total. The lowest BCUT2D eigenvalue weighted by Gasteiger charge is -2.39. The van der Waals surface area contributed by atoms with Gasteiger partial charge in [0.2, 0.25) is 11.8 Å². The Morgan fingerprint density at radius 1 is 0.920 bits per heavy atom. The minimum Gasteiger partial charge on any atom is -0.375 e. The summed E-state index contributed by atoms with van der Waals surface area (Å²) in [6.45, 7) is 8.77. The van der Waals surface area contributed by atoms with Gasteiger partial charge < -0.3 is 19.9 Å². The molecule has 0 radical (unpaired) electrons. The van der Waals surface area contributed by atoms with E-state index < -0.39 is 0 Å². The molecule has 144 valence electrons. The van der Waals surface area contributed by atoms with E-state index in [1.54, 1.807) is 0 Å². The first-order valence-electron chi connectivity index (χ1n) is 9.49. The summed E-state index contributed by atoms with van der Waals surface area (Å²) in [5, 5.41) is 3.26. The van der Waals surface area contributed by atoms with Gasteiger partial charge in [-0.25, -0.2) is 0 Å². The van der Waals surface area contributed by atoms with Gasteiger partial charge in [-0.15, -0.1) is 12.4 Å². The van der Waals surface area contributed by atoms with Crippen molar-refractivity contribution in [3.8, 4) is 0 Å². The van der Waals surface area contributed by atoms with E-state index in [0.717, 1.165) is 51.2 Å². The number of carbonyl (C=O) groups is 2. The lowest BCUT2D eigenvalue weighted by molar-refractivity contribution is -0.145. The molecular weight excluding hydrogens is 342 g/mol. The van der Waals surface area contributed by atoms with Crippen molar-refractivity contribution in [2.45, 2.75) is 51.7 Å². The van der Waals surface area contributed by atoms with Crippen LogP contribution >= 0.6 is 12.4 Å². The third-order valence-electron chi connectivity index (χ3n) is 5.83. The fourth-order valence-electron chi connectivity index (χ4n) is 4.04. The topological polar surface area (TPSA) is 61.9 Å². The fourth-order valence-corrected chi connectivity index (χ4v) is 4.04. The van der Waals surface area contributed by atoms with Crippen LogP contribution in [0.3, 0.4) is 0 Å². The Morgan fingerprint density at radius 3 is 2.08 bits per heavy atom. The molecule has 3 aliphatic heterocycles. The van der Waals surface area contributed by atoms with E-state index in [4.69, 9.17) is 4.74 Å². The average molecular weight is 374 g/mol. The first-order valence-corrected chi connectivity index (χ1v) is 9.49. The third-order valence-corrected chi connectivity index (χ3v) is 5.83. The number of nitrogens with zero attached hydrogens (tertiary/aromatic N) is 2. The molecule has 3 rings (SSSR count). The second-order valence-corrected chi connectivity index (χ2v) is 7.62. The van der Waals surface area contributed by atoms with Crippen LogP contribution in [0.2, 0.25) is 0 Å². The zero-order valence-corrected chi connectivity index (χ0v) is 16.2. The van der Waals surface area contributed by atoms with Gasteiger partial charge in [-0.1, -0.05) is 6.92 Å². The van der Waals surface area contributed by atoms with Crippen LogP contribution in [0.25, 0.3) is 0 Å². The molecule has 3 saturated heterocycles. The van der Waals surface area contributed by atoms with Crippen molar-refractivity contribution < 1.29 is 14.3 Å². The van der Waals surface area contributed by atoms with Gasteiger partial charge in [0.05, 0.1) is 12.7 Å². The van der Waals surface area contributed by atoms with Crippen LogP contribution in [0.5, 0.6) is 0 Å². The molecule has 7 heteroatoms. The molecule has 3 aliphatic rings. The van der Waals surface area contributed by atoms with Gasteiger partial charge in [-0.05, 0) is 38.5 Å². The standard InChI is InChI=1S/C18H31N3O3.ClH/c1-13-3-8-20(9-4-13)17(22)15-5-10-21(11-6-15)18(23)16-14(2)24-12-7-19-16;/h13-16,19H,3-12H2,1-2H3;1H/t14-,16+;/m1./s1. The van der Waals surface area contributed by atoms with Crippen molar-refractivity contribution in [3.05, 3.63) is 0 Å². The molecule has 3 heterocycles. The van der Waals surface area contributed by atoms with Crippen molar-refractivity contribution in [2.75, 3.05) is 39.3 Å². The number of rotatable bonds is 2. The molecular formula is C18H32ClN3O3. The van der Waals surface area contributed by atoms with Crippen LogP contribution in [0, 0.1) is 11.8 Å². The minimum atomic E-state index is -0.241. The monoisotopic (exact) mass is 373 g/mol. The first kappa shape index (κ1) is 20.5. The summed E-state index contributed by atoms with van der Waals surface area (Å²) >= 11 is 0. The second kappa shape index (κ2) is 9.19. The number of hydrogen-bond donors (Lipinski definition) is 1. The molecule has 0 bridgehead atoms. The number of halogens is 1. The summed E-state index contributed by atoms with van der Waals surface area (Å²) in [7, 11) is 0. The molecule has 0 aromatic carbocycles. The fraction of sp³-hybridized carbons (Fsp3) is 0.889. The summed E-state index contributed by atoms with van der Waals surface area (Å²) in [4.78, 5) is 29.3. The van der Waals surface area contributed by atoms with Crippen LogP contribution < -0.4 is 5.32 Å². The predicted octanol–water partition coefficient (Wildman–Crippen LogP) is 1.28. The summed E-state index contributed by atoms with van der Waals surface area (Å²) in [5.41, 5.74) is 0. The van der Waals surface area contributed by atoms with Gasteiger partial charge in [0.15, 0.2) is 0 Å². The van der Waals surface area contributed by atoms with E-state index in [0.29, 0.717) is 25.6 Å².